The fourth-order valence-electron chi connectivity index (χ4n) is 2.80. The fraction of sp³-hybridized carbons (Fsp3) is 0.200. The average molecular weight is 275 g/mol. The molecule has 3 aromatic carbocycles. The van der Waals surface area contributed by atoms with Gasteiger partial charge in [0, 0.05) is 12.6 Å². The summed E-state index contributed by atoms with van der Waals surface area (Å²) in [6, 6.07) is 24.1. The molecule has 3 rings (SSSR count). The van der Waals surface area contributed by atoms with Gasteiger partial charge in [-0.15, -0.1) is 0 Å². The number of aryl methyl sites for hydroxylation is 1. The quantitative estimate of drug-likeness (QED) is 0.706. The van der Waals surface area contributed by atoms with E-state index in [4.69, 9.17) is 0 Å². The van der Waals surface area contributed by atoms with Crippen LogP contribution in [-0.2, 0) is 6.54 Å². The van der Waals surface area contributed by atoms with Gasteiger partial charge in [-0.1, -0.05) is 60.7 Å². The number of rotatable bonds is 4. The highest BCUT2D eigenvalue weighted by Crippen LogP contribution is 2.19. The van der Waals surface area contributed by atoms with Crippen molar-refractivity contribution in [2.75, 3.05) is 0 Å². The van der Waals surface area contributed by atoms with Gasteiger partial charge in [0.2, 0.25) is 0 Å². The Balaban J connectivity index is 1.73. The van der Waals surface area contributed by atoms with E-state index in [0.29, 0.717) is 6.04 Å². The first kappa shape index (κ1) is 13.8. The van der Waals surface area contributed by atoms with Gasteiger partial charge in [0.15, 0.2) is 0 Å². The molecular formula is C20H21N. The maximum absolute atomic E-state index is 3.62. The van der Waals surface area contributed by atoms with Crippen molar-refractivity contribution in [3.8, 4) is 0 Å². The molecule has 0 aliphatic heterocycles. The molecule has 0 fully saturated rings. The van der Waals surface area contributed by atoms with Crippen molar-refractivity contribution < 1.29 is 0 Å². The van der Waals surface area contributed by atoms with Crippen LogP contribution in [0, 0.1) is 6.92 Å². The van der Waals surface area contributed by atoms with Gasteiger partial charge >= 0.3 is 0 Å². The molecule has 1 atom stereocenters. The number of hydrogen-bond donors (Lipinski definition) is 1. The monoisotopic (exact) mass is 275 g/mol. The van der Waals surface area contributed by atoms with Crippen LogP contribution in [0.5, 0.6) is 0 Å². The second kappa shape index (κ2) is 6.11. The minimum Gasteiger partial charge on any atom is -0.306 e. The molecule has 0 bridgehead atoms. The van der Waals surface area contributed by atoms with E-state index >= 15 is 0 Å². The van der Waals surface area contributed by atoms with Crippen LogP contribution in [0.25, 0.3) is 10.8 Å². The summed E-state index contributed by atoms with van der Waals surface area (Å²) < 4.78 is 0. The van der Waals surface area contributed by atoms with E-state index in [1.807, 2.05) is 0 Å². The highest BCUT2D eigenvalue weighted by atomic mass is 14.9. The van der Waals surface area contributed by atoms with Gasteiger partial charge in [-0.2, -0.15) is 0 Å². The van der Waals surface area contributed by atoms with Crippen LogP contribution >= 0.6 is 0 Å². The molecule has 1 unspecified atom stereocenters. The van der Waals surface area contributed by atoms with Gasteiger partial charge in [-0.3, -0.25) is 0 Å². The first-order chi connectivity index (χ1) is 10.2. The summed E-state index contributed by atoms with van der Waals surface area (Å²) in [4.78, 5) is 0. The molecule has 0 amide bonds. The lowest BCUT2D eigenvalue weighted by Gasteiger charge is -2.16. The largest absolute Gasteiger partial charge is 0.306 e. The van der Waals surface area contributed by atoms with E-state index in [-0.39, 0.29) is 0 Å². The second-order valence-electron chi connectivity index (χ2n) is 5.64. The second-order valence-corrected chi connectivity index (χ2v) is 5.64. The van der Waals surface area contributed by atoms with E-state index in [9.17, 15) is 0 Å². The molecule has 0 aliphatic carbocycles. The fourth-order valence-corrected chi connectivity index (χ4v) is 2.80. The van der Waals surface area contributed by atoms with Crippen molar-refractivity contribution in [1.82, 2.24) is 5.32 Å². The lowest BCUT2D eigenvalue weighted by Crippen LogP contribution is -2.18. The van der Waals surface area contributed by atoms with Crippen LogP contribution in [0.4, 0.5) is 0 Å². The Morgan fingerprint density at radius 1 is 0.857 bits per heavy atom. The first-order valence-electron chi connectivity index (χ1n) is 7.50. The Kier molecular flexibility index (Phi) is 4.03. The molecule has 0 saturated carbocycles. The average Bonchev–Trinajstić information content (AvgIpc) is 2.53. The molecular weight excluding hydrogens is 254 g/mol. The highest BCUT2D eigenvalue weighted by molar-refractivity contribution is 5.82. The van der Waals surface area contributed by atoms with Crippen molar-refractivity contribution in [3.05, 3.63) is 83.4 Å². The zero-order valence-corrected chi connectivity index (χ0v) is 12.6. The summed E-state index contributed by atoms with van der Waals surface area (Å²) in [5.74, 6) is 0. The van der Waals surface area contributed by atoms with Crippen molar-refractivity contribution >= 4 is 10.8 Å². The standard InChI is InChI=1S/C20H21N/c1-15-7-3-6-10-20(15)16(2)21-14-17-11-12-18-8-4-5-9-19(18)13-17/h3-13,16,21H,14H2,1-2H3. The van der Waals surface area contributed by atoms with Gasteiger partial charge in [0.25, 0.3) is 0 Å². The lowest BCUT2D eigenvalue weighted by atomic mass is 10.0. The number of benzene rings is 3. The topological polar surface area (TPSA) is 12.0 Å². The normalized spacial score (nSPS) is 12.5. The third kappa shape index (κ3) is 3.14. The van der Waals surface area contributed by atoms with Gasteiger partial charge in [0.1, 0.15) is 0 Å². The minimum atomic E-state index is 0.359. The summed E-state index contributed by atoms with van der Waals surface area (Å²) in [6.45, 7) is 5.28. The lowest BCUT2D eigenvalue weighted by molar-refractivity contribution is 0.572. The Morgan fingerprint density at radius 2 is 1.57 bits per heavy atom. The predicted octanol–water partition coefficient (Wildman–Crippen LogP) is 5.00. The summed E-state index contributed by atoms with van der Waals surface area (Å²) in [5, 5.41) is 6.23. The Labute approximate surface area is 126 Å². The molecule has 1 heteroatoms. The van der Waals surface area contributed by atoms with E-state index < -0.39 is 0 Å². The van der Waals surface area contributed by atoms with Gasteiger partial charge in [0.05, 0.1) is 0 Å². The number of fused-ring (bicyclic) bond motifs is 1. The van der Waals surface area contributed by atoms with E-state index in [2.05, 4.69) is 85.9 Å². The van der Waals surface area contributed by atoms with Crippen LogP contribution in [0.2, 0.25) is 0 Å². The van der Waals surface area contributed by atoms with Crippen LogP contribution < -0.4 is 5.32 Å². The maximum atomic E-state index is 3.62. The molecule has 0 saturated heterocycles. The third-order valence-corrected chi connectivity index (χ3v) is 4.08. The van der Waals surface area contributed by atoms with E-state index in [0.717, 1.165) is 6.54 Å². The van der Waals surface area contributed by atoms with Crippen LogP contribution in [-0.4, -0.2) is 0 Å². The van der Waals surface area contributed by atoms with Crippen molar-refractivity contribution in [1.29, 1.82) is 0 Å². The van der Waals surface area contributed by atoms with Gasteiger partial charge in [-0.05, 0) is 47.4 Å². The zero-order chi connectivity index (χ0) is 14.7. The SMILES string of the molecule is Cc1ccccc1C(C)NCc1ccc2ccccc2c1. The Bertz CT molecular complexity index is 745. The zero-order valence-electron chi connectivity index (χ0n) is 12.6. The number of hydrogen-bond acceptors (Lipinski definition) is 1. The van der Waals surface area contributed by atoms with Crippen LogP contribution in [0.1, 0.15) is 29.7 Å². The highest BCUT2D eigenvalue weighted by Gasteiger charge is 2.07. The number of nitrogens with one attached hydrogen (secondary N) is 1. The molecule has 106 valence electrons. The predicted molar refractivity (Wildman–Crippen MR) is 90.4 cm³/mol. The molecule has 1 nitrogen and oxygen atoms in total. The third-order valence-electron chi connectivity index (χ3n) is 4.08. The summed E-state index contributed by atoms with van der Waals surface area (Å²) in [5.41, 5.74) is 4.04. The molecule has 0 aliphatic rings. The Hall–Kier alpha value is -2.12. The smallest absolute Gasteiger partial charge is 0.0297 e. The molecule has 1 N–H and O–H groups in total. The molecule has 0 aromatic heterocycles. The summed E-state index contributed by atoms with van der Waals surface area (Å²) in [7, 11) is 0. The van der Waals surface area contributed by atoms with Crippen molar-refractivity contribution in [3.63, 3.8) is 0 Å². The van der Waals surface area contributed by atoms with Crippen molar-refractivity contribution in [2.45, 2.75) is 26.4 Å². The molecule has 3 aromatic rings. The molecule has 0 radical (unpaired) electrons. The summed E-state index contributed by atoms with van der Waals surface area (Å²) in [6.07, 6.45) is 0. The minimum absolute atomic E-state index is 0.359. The first-order valence-corrected chi connectivity index (χ1v) is 7.50. The van der Waals surface area contributed by atoms with Crippen molar-refractivity contribution in [2.24, 2.45) is 0 Å². The Morgan fingerprint density at radius 3 is 2.38 bits per heavy atom. The maximum Gasteiger partial charge on any atom is 0.0297 e. The van der Waals surface area contributed by atoms with E-state index in [1.54, 1.807) is 0 Å². The molecule has 0 spiro atoms. The van der Waals surface area contributed by atoms with Crippen LogP contribution in [0.15, 0.2) is 66.7 Å². The van der Waals surface area contributed by atoms with Gasteiger partial charge in [-0.25, -0.2) is 0 Å². The molecule has 0 heterocycles. The van der Waals surface area contributed by atoms with E-state index in [1.165, 1.54) is 27.5 Å². The van der Waals surface area contributed by atoms with Gasteiger partial charge < -0.3 is 5.32 Å². The summed E-state index contributed by atoms with van der Waals surface area (Å²) >= 11 is 0. The van der Waals surface area contributed by atoms with Crippen LogP contribution in [0.3, 0.4) is 0 Å². The molecule has 21 heavy (non-hydrogen) atoms.